The van der Waals surface area contributed by atoms with Gasteiger partial charge < -0.3 is 15.4 Å². The Morgan fingerprint density at radius 3 is 2.86 bits per heavy atom. The second-order valence-electron chi connectivity index (χ2n) is 5.90. The number of methoxy groups -OCH3 is 1. The van der Waals surface area contributed by atoms with E-state index in [2.05, 4.69) is 9.80 Å². The normalized spacial score (nSPS) is 22.7. The van der Waals surface area contributed by atoms with Crippen molar-refractivity contribution in [1.29, 1.82) is 0 Å². The van der Waals surface area contributed by atoms with Crippen molar-refractivity contribution < 1.29 is 9.53 Å². The van der Waals surface area contributed by atoms with E-state index in [1.165, 1.54) is 33.0 Å². The number of nitrogen functional groups attached to an aromatic ring is 1. The molecular weight excluding hydrogens is 266 g/mol. The Labute approximate surface area is 125 Å². The average molecular weight is 289 g/mol. The first-order valence-corrected chi connectivity index (χ1v) is 7.66. The summed E-state index contributed by atoms with van der Waals surface area (Å²) in [5, 5.41) is 0. The zero-order valence-corrected chi connectivity index (χ0v) is 12.5. The lowest BCUT2D eigenvalue weighted by atomic mass is 10.1. The van der Waals surface area contributed by atoms with Crippen molar-refractivity contribution in [2.45, 2.75) is 25.3 Å². The van der Waals surface area contributed by atoms with E-state index in [0.717, 1.165) is 25.2 Å². The van der Waals surface area contributed by atoms with Gasteiger partial charge in [0, 0.05) is 25.7 Å². The Kier molecular flexibility index (Phi) is 4.01. The summed E-state index contributed by atoms with van der Waals surface area (Å²) in [6.07, 6.45) is 3.74. The summed E-state index contributed by atoms with van der Waals surface area (Å²) < 4.78 is 4.74. The molecule has 5 nitrogen and oxygen atoms in total. The van der Waals surface area contributed by atoms with E-state index >= 15 is 0 Å². The molecule has 2 N–H and O–H groups in total. The molecule has 0 spiro atoms. The summed E-state index contributed by atoms with van der Waals surface area (Å²) in [6.45, 7) is 4.47. The number of ether oxygens (including phenoxy) is 1. The quantitative estimate of drug-likeness (QED) is 0.664. The monoisotopic (exact) mass is 289 g/mol. The molecule has 114 valence electrons. The summed E-state index contributed by atoms with van der Waals surface area (Å²) in [4.78, 5) is 16.5. The first kappa shape index (κ1) is 14.2. The van der Waals surface area contributed by atoms with Crippen LogP contribution in [-0.4, -0.2) is 50.2 Å². The molecule has 2 saturated heterocycles. The largest absolute Gasteiger partial charge is 0.465 e. The molecule has 21 heavy (non-hydrogen) atoms. The van der Waals surface area contributed by atoms with Crippen LogP contribution >= 0.6 is 0 Å². The van der Waals surface area contributed by atoms with Crippen LogP contribution in [0.1, 0.15) is 29.6 Å². The number of nitrogens with two attached hydrogens (primary N) is 1. The molecule has 0 aliphatic carbocycles. The second kappa shape index (κ2) is 5.93. The van der Waals surface area contributed by atoms with Crippen molar-refractivity contribution in [2.75, 3.05) is 43.9 Å². The molecule has 0 saturated carbocycles. The van der Waals surface area contributed by atoms with E-state index in [0.29, 0.717) is 17.3 Å². The lowest BCUT2D eigenvalue weighted by Gasteiger charge is -2.28. The summed E-state index contributed by atoms with van der Waals surface area (Å²) in [5.41, 5.74) is 8.38. The van der Waals surface area contributed by atoms with Crippen molar-refractivity contribution in [3.05, 3.63) is 23.8 Å². The van der Waals surface area contributed by atoms with Crippen molar-refractivity contribution in [2.24, 2.45) is 0 Å². The number of esters is 1. The van der Waals surface area contributed by atoms with Crippen LogP contribution in [0.5, 0.6) is 0 Å². The summed E-state index contributed by atoms with van der Waals surface area (Å²) in [6, 6.07) is 6.12. The molecule has 1 unspecified atom stereocenters. The van der Waals surface area contributed by atoms with Crippen LogP contribution in [0.15, 0.2) is 18.2 Å². The van der Waals surface area contributed by atoms with E-state index in [1.54, 1.807) is 12.1 Å². The Balaban J connectivity index is 1.81. The minimum atomic E-state index is -0.342. The van der Waals surface area contributed by atoms with Crippen LogP contribution in [-0.2, 0) is 4.74 Å². The lowest BCUT2D eigenvalue weighted by molar-refractivity contribution is 0.0601. The van der Waals surface area contributed by atoms with Crippen molar-refractivity contribution >= 4 is 17.3 Å². The van der Waals surface area contributed by atoms with Gasteiger partial charge in [-0.1, -0.05) is 0 Å². The van der Waals surface area contributed by atoms with Crippen LogP contribution < -0.4 is 10.6 Å². The molecule has 1 atom stereocenters. The van der Waals surface area contributed by atoms with Crippen LogP contribution in [0, 0.1) is 0 Å². The van der Waals surface area contributed by atoms with Gasteiger partial charge in [0.2, 0.25) is 0 Å². The topological polar surface area (TPSA) is 58.8 Å². The smallest absolute Gasteiger partial charge is 0.337 e. The molecule has 5 heteroatoms. The number of rotatable bonds is 2. The number of anilines is 2. The fourth-order valence-electron chi connectivity index (χ4n) is 3.51. The van der Waals surface area contributed by atoms with Crippen LogP contribution in [0.4, 0.5) is 11.4 Å². The summed E-state index contributed by atoms with van der Waals surface area (Å²) in [7, 11) is 1.38. The van der Waals surface area contributed by atoms with E-state index in [4.69, 9.17) is 10.5 Å². The minimum absolute atomic E-state index is 0.342. The average Bonchev–Trinajstić information content (AvgIpc) is 2.83. The maximum Gasteiger partial charge on any atom is 0.337 e. The second-order valence-corrected chi connectivity index (χ2v) is 5.90. The summed E-state index contributed by atoms with van der Waals surface area (Å²) >= 11 is 0. The SMILES string of the molecule is COC(=O)c1ccc(N2CCCN3CCCC3C2)c(N)c1. The van der Waals surface area contributed by atoms with Gasteiger partial charge in [-0.3, -0.25) is 4.90 Å². The van der Waals surface area contributed by atoms with Gasteiger partial charge in [-0.25, -0.2) is 4.79 Å². The zero-order chi connectivity index (χ0) is 14.8. The maximum absolute atomic E-state index is 11.6. The van der Waals surface area contributed by atoms with Crippen molar-refractivity contribution in [1.82, 2.24) is 4.90 Å². The van der Waals surface area contributed by atoms with Crippen LogP contribution in [0.25, 0.3) is 0 Å². The summed E-state index contributed by atoms with van der Waals surface area (Å²) in [5.74, 6) is -0.342. The Bertz CT molecular complexity index is 532. The predicted molar refractivity (Wildman–Crippen MR) is 83.6 cm³/mol. The number of hydrogen-bond donors (Lipinski definition) is 1. The third-order valence-corrected chi connectivity index (χ3v) is 4.59. The van der Waals surface area contributed by atoms with Crippen LogP contribution in [0.2, 0.25) is 0 Å². The Morgan fingerprint density at radius 1 is 1.29 bits per heavy atom. The Hall–Kier alpha value is -1.75. The van der Waals surface area contributed by atoms with E-state index in [9.17, 15) is 4.79 Å². The highest BCUT2D eigenvalue weighted by Gasteiger charge is 2.29. The molecule has 0 aromatic heterocycles. The first-order valence-electron chi connectivity index (χ1n) is 7.66. The number of carbonyl (C=O) groups excluding carboxylic acids is 1. The third kappa shape index (κ3) is 2.83. The van der Waals surface area contributed by atoms with Gasteiger partial charge in [0.1, 0.15) is 0 Å². The van der Waals surface area contributed by atoms with Gasteiger partial charge in [-0.2, -0.15) is 0 Å². The molecule has 1 aromatic carbocycles. The number of nitrogens with zero attached hydrogens (tertiary/aromatic N) is 2. The molecule has 0 radical (unpaired) electrons. The van der Waals surface area contributed by atoms with Gasteiger partial charge in [0.25, 0.3) is 0 Å². The molecule has 3 rings (SSSR count). The maximum atomic E-state index is 11.6. The van der Waals surface area contributed by atoms with Gasteiger partial charge in [-0.05, 0) is 44.0 Å². The highest BCUT2D eigenvalue weighted by atomic mass is 16.5. The number of fused-ring (bicyclic) bond motifs is 1. The van der Waals surface area contributed by atoms with Gasteiger partial charge in [0.15, 0.2) is 0 Å². The van der Waals surface area contributed by atoms with E-state index in [-0.39, 0.29) is 5.97 Å². The highest BCUT2D eigenvalue weighted by Crippen LogP contribution is 2.29. The molecular formula is C16H23N3O2. The number of carbonyl (C=O) groups is 1. The first-order chi connectivity index (χ1) is 10.2. The number of benzene rings is 1. The molecule has 0 amide bonds. The van der Waals surface area contributed by atoms with Crippen molar-refractivity contribution in [3.63, 3.8) is 0 Å². The minimum Gasteiger partial charge on any atom is -0.465 e. The third-order valence-electron chi connectivity index (χ3n) is 4.59. The molecule has 2 aliphatic rings. The molecule has 1 aromatic rings. The van der Waals surface area contributed by atoms with E-state index in [1.807, 2.05) is 6.07 Å². The molecule has 2 fully saturated rings. The fourth-order valence-corrected chi connectivity index (χ4v) is 3.51. The Morgan fingerprint density at radius 2 is 2.10 bits per heavy atom. The predicted octanol–water partition coefficient (Wildman–Crippen LogP) is 1.73. The van der Waals surface area contributed by atoms with Gasteiger partial charge in [0.05, 0.1) is 24.0 Å². The van der Waals surface area contributed by atoms with Crippen molar-refractivity contribution in [3.8, 4) is 0 Å². The highest BCUT2D eigenvalue weighted by molar-refractivity contribution is 5.92. The van der Waals surface area contributed by atoms with Gasteiger partial charge >= 0.3 is 5.97 Å². The fraction of sp³-hybridized carbons (Fsp3) is 0.562. The lowest BCUT2D eigenvalue weighted by Crippen LogP contribution is -2.36. The zero-order valence-electron chi connectivity index (χ0n) is 12.5. The molecule has 2 aliphatic heterocycles. The standard InChI is InChI=1S/C16H23N3O2/c1-21-16(20)12-5-6-15(14(17)10-12)19-9-3-8-18-7-2-4-13(18)11-19/h5-6,10,13H,2-4,7-9,11,17H2,1H3. The molecule has 0 bridgehead atoms. The molecule has 2 heterocycles. The van der Waals surface area contributed by atoms with Crippen LogP contribution in [0.3, 0.4) is 0 Å². The van der Waals surface area contributed by atoms with Gasteiger partial charge in [-0.15, -0.1) is 0 Å². The number of hydrogen-bond acceptors (Lipinski definition) is 5. The van der Waals surface area contributed by atoms with E-state index < -0.39 is 0 Å².